The van der Waals surface area contributed by atoms with Crippen molar-refractivity contribution in [3.8, 4) is 0 Å². The molecule has 0 radical (unpaired) electrons. The maximum atomic E-state index is 15.0. The van der Waals surface area contributed by atoms with Crippen molar-refractivity contribution >= 4 is 46.5 Å². The Labute approximate surface area is 223 Å². The first-order valence-corrected chi connectivity index (χ1v) is 12.5. The van der Waals surface area contributed by atoms with Gasteiger partial charge in [-0.2, -0.15) is 0 Å². The minimum absolute atomic E-state index is 0.0423. The summed E-state index contributed by atoms with van der Waals surface area (Å²) in [6.07, 6.45) is 2.50. The van der Waals surface area contributed by atoms with Gasteiger partial charge in [-0.3, -0.25) is 9.59 Å². The number of anilines is 1. The molecule has 1 saturated heterocycles. The van der Waals surface area contributed by atoms with E-state index in [1.54, 1.807) is 36.4 Å². The van der Waals surface area contributed by atoms with Crippen molar-refractivity contribution in [3.05, 3.63) is 86.8 Å². The summed E-state index contributed by atoms with van der Waals surface area (Å²) in [6, 6.07) is 10.1. The molecule has 0 bridgehead atoms. The van der Waals surface area contributed by atoms with Gasteiger partial charge in [0.25, 0.3) is 0 Å². The molecule has 7 nitrogen and oxygen atoms in total. The maximum Gasteiger partial charge on any atom is 0.333 e. The molecule has 4 N–H and O–H groups in total. The molecule has 0 aromatic heterocycles. The van der Waals surface area contributed by atoms with E-state index >= 15 is 0 Å². The van der Waals surface area contributed by atoms with Gasteiger partial charge in [-0.05, 0) is 55.2 Å². The average molecular weight is 546 g/mol. The lowest BCUT2D eigenvalue weighted by Gasteiger charge is -2.20. The van der Waals surface area contributed by atoms with E-state index < -0.39 is 29.8 Å². The van der Waals surface area contributed by atoms with Crippen LogP contribution in [0.15, 0.2) is 65.4 Å². The van der Waals surface area contributed by atoms with E-state index in [4.69, 9.17) is 33.7 Å². The summed E-state index contributed by atoms with van der Waals surface area (Å²) < 4.78 is 19.7. The molecular weight excluding hydrogens is 520 g/mol. The highest BCUT2D eigenvalue weighted by atomic mass is 35.5. The Balaban J connectivity index is 1.56. The highest BCUT2D eigenvalue weighted by molar-refractivity contribution is 6.31. The zero-order valence-corrected chi connectivity index (χ0v) is 21.5. The quantitative estimate of drug-likeness (QED) is 0.436. The third-order valence-electron chi connectivity index (χ3n) is 6.65. The van der Waals surface area contributed by atoms with Crippen LogP contribution in [-0.2, 0) is 19.1 Å². The maximum absolute atomic E-state index is 15.0. The van der Waals surface area contributed by atoms with E-state index in [1.165, 1.54) is 19.3 Å². The van der Waals surface area contributed by atoms with Gasteiger partial charge in [0.15, 0.2) is 5.78 Å². The molecule has 1 amide bonds. The van der Waals surface area contributed by atoms with Crippen molar-refractivity contribution in [1.29, 1.82) is 0 Å². The van der Waals surface area contributed by atoms with Crippen molar-refractivity contribution in [2.24, 2.45) is 5.73 Å². The lowest BCUT2D eigenvalue weighted by atomic mass is 9.87. The number of ketones is 1. The standard InChI is InChI=1S/C27H26Cl2FN3O4/c1-37-27(36)14-8-9-19(22(31)10-14)23(34)13-17-12-20(18-6-3-7-21(29)24(18)30)25(32-17)26(35)33-16-5-2-4-15(28)11-16/h2-7,10-11,17,20,25,32H,8-9,12-13,31H2,1H3,(H,33,35)/t17-,20?,25?/m1/s1. The van der Waals surface area contributed by atoms with Gasteiger partial charge in [0.2, 0.25) is 5.91 Å². The van der Waals surface area contributed by atoms with E-state index in [-0.39, 0.29) is 28.8 Å². The number of halogens is 3. The van der Waals surface area contributed by atoms with Crippen LogP contribution in [0.25, 0.3) is 0 Å². The number of hydrogen-bond donors (Lipinski definition) is 3. The summed E-state index contributed by atoms with van der Waals surface area (Å²) in [6.45, 7) is 0. The first-order valence-electron chi connectivity index (χ1n) is 11.7. The summed E-state index contributed by atoms with van der Waals surface area (Å²) in [5.41, 5.74) is 7.93. The summed E-state index contributed by atoms with van der Waals surface area (Å²) in [4.78, 5) is 38.2. The number of amides is 1. The molecular formula is C27H26Cl2FN3O4. The van der Waals surface area contributed by atoms with Crippen LogP contribution in [0.3, 0.4) is 0 Å². The number of benzene rings is 2. The molecule has 1 aliphatic heterocycles. The SMILES string of the molecule is COC(=O)C1=CC(N)=C(C(=O)C[C@H]2CC(c3cccc(Cl)c3F)C(C(=O)Nc3cccc(Cl)c3)N2)CC1. The molecule has 1 heterocycles. The van der Waals surface area contributed by atoms with Crippen LogP contribution in [0.2, 0.25) is 10.0 Å². The van der Waals surface area contributed by atoms with Gasteiger partial charge in [0.1, 0.15) is 5.82 Å². The lowest BCUT2D eigenvalue weighted by molar-refractivity contribution is -0.136. The highest BCUT2D eigenvalue weighted by Crippen LogP contribution is 2.37. The number of allylic oxidation sites excluding steroid dienone is 2. The lowest BCUT2D eigenvalue weighted by Crippen LogP contribution is -2.42. The van der Waals surface area contributed by atoms with Crippen LogP contribution < -0.4 is 16.4 Å². The minimum atomic E-state index is -0.826. The summed E-state index contributed by atoms with van der Waals surface area (Å²) in [5, 5.41) is 6.45. The zero-order valence-electron chi connectivity index (χ0n) is 20.0. The number of rotatable bonds is 7. The van der Waals surface area contributed by atoms with E-state index in [2.05, 4.69) is 10.6 Å². The molecule has 1 aliphatic carbocycles. The Morgan fingerprint density at radius 3 is 2.62 bits per heavy atom. The van der Waals surface area contributed by atoms with Crippen molar-refractivity contribution < 1.29 is 23.5 Å². The Bertz CT molecular complexity index is 1310. The normalized spacial score (nSPS) is 21.4. The Hall–Kier alpha value is -3.20. The molecule has 0 spiro atoms. The molecule has 2 unspecified atom stereocenters. The van der Waals surface area contributed by atoms with Crippen LogP contribution in [0, 0.1) is 5.82 Å². The third kappa shape index (κ3) is 6.04. The van der Waals surface area contributed by atoms with Crippen LogP contribution in [0.4, 0.5) is 10.1 Å². The van der Waals surface area contributed by atoms with E-state index in [9.17, 15) is 18.8 Å². The van der Waals surface area contributed by atoms with Crippen LogP contribution in [-0.4, -0.2) is 36.9 Å². The van der Waals surface area contributed by atoms with Crippen LogP contribution in [0.1, 0.15) is 37.2 Å². The fourth-order valence-corrected chi connectivity index (χ4v) is 5.24. The average Bonchev–Trinajstić information content (AvgIpc) is 3.28. The van der Waals surface area contributed by atoms with Gasteiger partial charge in [0, 0.05) is 45.9 Å². The van der Waals surface area contributed by atoms with Crippen LogP contribution in [0.5, 0.6) is 0 Å². The second-order valence-corrected chi connectivity index (χ2v) is 9.89. The first kappa shape index (κ1) is 26.9. The van der Waals surface area contributed by atoms with Crippen molar-refractivity contribution in [2.75, 3.05) is 12.4 Å². The van der Waals surface area contributed by atoms with E-state index in [1.807, 2.05) is 0 Å². The number of methoxy groups -OCH3 is 1. The summed E-state index contributed by atoms with van der Waals surface area (Å²) in [5.74, 6) is -2.23. The predicted molar refractivity (Wildman–Crippen MR) is 140 cm³/mol. The van der Waals surface area contributed by atoms with Gasteiger partial charge in [0.05, 0.1) is 18.2 Å². The fourth-order valence-electron chi connectivity index (χ4n) is 4.87. The highest BCUT2D eigenvalue weighted by Gasteiger charge is 2.41. The molecule has 2 aromatic carbocycles. The molecule has 1 fully saturated rings. The molecule has 194 valence electrons. The molecule has 0 saturated carbocycles. The minimum Gasteiger partial charge on any atom is -0.466 e. The number of carbonyl (C=O) groups is 3. The molecule has 2 aliphatic rings. The number of ether oxygens (including phenoxy) is 1. The van der Waals surface area contributed by atoms with Gasteiger partial charge in [-0.15, -0.1) is 0 Å². The van der Waals surface area contributed by atoms with E-state index in [0.29, 0.717) is 46.7 Å². The Morgan fingerprint density at radius 1 is 1.16 bits per heavy atom. The smallest absolute Gasteiger partial charge is 0.333 e. The summed E-state index contributed by atoms with van der Waals surface area (Å²) in [7, 11) is 1.29. The Morgan fingerprint density at radius 2 is 1.92 bits per heavy atom. The third-order valence-corrected chi connectivity index (χ3v) is 7.18. The molecule has 4 rings (SSSR count). The first-order chi connectivity index (χ1) is 17.7. The largest absolute Gasteiger partial charge is 0.466 e. The number of esters is 1. The molecule has 10 heteroatoms. The van der Waals surface area contributed by atoms with Crippen molar-refractivity contribution in [3.63, 3.8) is 0 Å². The van der Waals surface area contributed by atoms with Crippen molar-refractivity contribution in [2.45, 2.75) is 43.7 Å². The van der Waals surface area contributed by atoms with Gasteiger partial charge < -0.3 is 21.1 Å². The van der Waals surface area contributed by atoms with Gasteiger partial charge in [-0.1, -0.05) is 41.4 Å². The molecule has 37 heavy (non-hydrogen) atoms. The van der Waals surface area contributed by atoms with Gasteiger partial charge in [-0.25, -0.2) is 9.18 Å². The molecule has 2 aromatic rings. The number of nitrogens with two attached hydrogens (primary N) is 1. The number of hydrogen-bond acceptors (Lipinski definition) is 6. The number of carbonyl (C=O) groups excluding carboxylic acids is 3. The number of nitrogens with one attached hydrogen (secondary N) is 2. The predicted octanol–water partition coefficient (Wildman–Crippen LogP) is 4.65. The summed E-state index contributed by atoms with van der Waals surface area (Å²) >= 11 is 12.1. The number of Topliss-reactive ketones (excluding diaryl/α,β-unsaturated/α-hetero) is 1. The zero-order chi connectivity index (χ0) is 26.7. The second-order valence-electron chi connectivity index (χ2n) is 9.05. The Kier molecular flexibility index (Phi) is 8.32. The molecule has 3 atom stereocenters. The van der Waals surface area contributed by atoms with Crippen molar-refractivity contribution in [1.82, 2.24) is 5.32 Å². The second kappa shape index (κ2) is 11.5. The van der Waals surface area contributed by atoms with Crippen LogP contribution >= 0.6 is 23.2 Å². The topological polar surface area (TPSA) is 111 Å². The fraction of sp³-hybridized carbons (Fsp3) is 0.296. The monoisotopic (exact) mass is 545 g/mol. The van der Waals surface area contributed by atoms with Gasteiger partial charge >= 0.3 is 5.97 Å². The van der Waals surface area contributed by atoms with E-state index in [0.717, 1.165) is 0 Å².